The van der Waals surface area contributed by atoms with Gasteiger partial charge in [-0.2, -0.15) is 4.98 Å². The van der Waals surface area contributed by atoms with E-state index >= 15 is 0 Å². The van der Waals surface area contributed by atoms with E-state index in [9.17, 15) is 8.42 Å². The van der Waals surface area contributed by atoms with Gasteiger partial charge in [0.15, 0.2) is 5.82 Å². The molecule has 0 spiro atoms. The number of aryl methyl sites for hydroxylation is 1. The zero-order chi connectivity index (χ0) is 22.7. The van der Waals surface area contributed by atoms with Crippen LogP contribution in [0.25, 0.3) is 0 Å². The predicted octanol–water partition coefficient (Wildman–Crippen LogP) is 3.91. The van der Waals surface area contributed by atoms with Gasteiger partial charge in [0.05, 0.1) is 11.9 Å². The van der Waals surface area contributed by atoms with E-state index in [4.69, 9.17) is 16.7 Å². The van der Waals surface area contributed by atoms with Gasteiger partial charge in [0.2, 0.25) is 16.0 Å². The lowest BCUT2D eigenvalue weighted by molar-refractivity contribution is 0.349. The molecule has 1 aromatic heterocycles. The minimum absolute atomic E-state index is 0.0396. The third kappa shape index (κ3) is 5.82. The number of nitrogens with zero attached hydrogens (tertiary/aromatic N) is 3. The molecule has 2 aromatic rings. The second-order valence-corrected chi connectivity index (χ2v) is 10.9. The fourth-order valence-electron chi connectivity index (χ4n) is 4.75. The molecule has 10 heteroatoms. The molecule has 0 saturated heterocycles. The first-order valence-corrected chi connectivity index (χ1v) is 13.3. The Hall–Kier alpha value is -2.10. The van der Waals surface area contributed by atoms with Gasteiger partial charge in [-0.1, -0.05) is 24.4 Å². The molecule has 0 radical (unpaired) electrons. The number of rotatable bonds is 6. The Morgan fingerprint density at radius 3 is 2.84 bits per heavy atom. The summed E-state index contributed by atoms with van der Waals surface area (Å²) in [5, 5.41) is 12.4. The van der Waals surface area contributed by atoms with Crippen molar-refractivity contribution in [1.29, 1.82) is 0 Å². The number of anilines is 4. The maximum absolute atomic E-state index is 11.7. The number of nitrogens with one attached hydrogen (secondary N) is 2. The minimum Gasteiger partial charge on any atom is -0.374 e. The van der Waals surface area contributed by atoms with Gasteiger partial charge >= 0.3 is 0 Å². The molecule has 8 nitrogen and oxygen atoms in total. The molecule has 2 heterocycles. The fourth-order valence-corrected chi connectivity index (χ4v) is 5.89. The quantitative estimate of drug-likeness (QED) is 0.576. The smallest absolute Gasteiger partial charge is 0.229 e. The summed E-state index contributed by atoms with van der Waals surface area (Å²) in [6, 6.07) is 6.28. The van der Waals surface area contributed by atoms with E-state index in [1.807, 2.05) is 6.07 Å². The number of halogens is 1. The van der Waals surface area contributed by atoms with Crippen molar-refractivity contribution >= 4 is 44.8 Å². The number of sulfonamides is 1. The molecule has 1 aliphatic carbocycles. The molecule has 0 bridgehead atoms. The van der Waals surface area contributed by atoms with E-state index in [0.29, 0.717) is 16.8 Å². The molecular formula is C22H31ClN6O2S. The summed E-state index contributed by atoms with van der Waals surface area (Å²) in [5.41, 5.74) is 3.51. The standard InChI is InChI=1S/C22H31ClN6O2S/c1-29-11-5-4-6-15-12-17(9-10-20(15)29)26-22-25-13-18(23)21(28-22)27-19-8-3-2-7-16(19)14-32(24,30)31/h9-10,12-13,16,19H,2-8,11,14H2,1H3,(H2,24,30,31)(H2,25,26,27,28)/t16-,19+/m0/s1. The third-order valence-corrected chi connectivity index (χ3v) is 7.53. The predicted molar refractivity (Wildman–Crippen MR) is 130 cm³/mol. The molecule has 4 rings (SSSR count). The molecule has 1 fully saturated rings. The van der Waals surface area contributed by atoms with Gasteiger partial charge in [0.25, 0.3) is 0 Å². The van der Waals surface area contributed by atoms with Crippen LogP contribution >= 0.6 is 11.6 Å². The summed E-state index contributed by atoms with van der Waals surface area (Å²) in [7, 11) is -1.41. The van der Waals surface area contributed by atoms with Crippen LogP contribution in [-0.4, -0.2) is 43.8 Å². The first-order valence-electron chi connectivity index (χ1n) is 11.2. The van der Waals surface area contributed by atoms with E-state index in [1.54, 1.807) is 6.20 Å². The Bertz CT molecular complexity index is 1060. The van der Waals surface area contributed by atoms with Crippen molar-refractivity contribution < 1.29 is 8.42 Å². The maximum atomic E-state index is 11.7. The van der Waals surface area contributed by atoms with Crippen LogP contribution in [0.1, 0.15) is 44.1 Å². The van der Waals surface area contributed by atoms with Crippen LogP contribution in [0.2, 0.25) is 5.02 Å². The number of hydrogen-bond acceptors (Lipinski definition) is 7. The second kappa shape index (κ2) is 9.80. The molecule has 0 unspecified atom stereocenters. The lowest BCUT2D eigenvalue weighted by Gasteiger charge is -2.32. The van der Waals surface area contributed by atoms with Gasteiger partial charge in [0.1, 0.15) is 5.02 Å². The number of benzene rings is 1. The van der Waals surface area contributed by atoms with Crippen molar-refractivity contribution in [2.75, 3.05) is 34.9 Å². The number of hydrogen-bond donors (Lipinski definition) is 3. The highest BCUT2D eigenvalue weighted by atomic mass is 35.5. The van der Waals surface area contributed by atoms with Crippen LogP contribution in [0, 0.1) is 5.92 Å². The van der Waals surface area contributed by atoms with E-state index in [1.165, 1.54) is 24.1 Å². The maximum Gasteiger partial charge on any atom is 0.229 e. The molecule has 1 aromatic carbocycles. The van der Waals surface area contributed by atoms with E-state index in [-0.39, 0.29) is 17.7 Å². The molecule has 174 valence electrons. The topological polar surface area (TPSA) is 113 Å². The van der Waals surface area contributed by atoms with Crippen molar-refractivity contribution in [3.8, 4) is 0 Å². The summed E-state index contributed by atoms with van der Waals surface area (Å²) in [6.07, 6.45) is 8.66. The Morgan fingerprint density at radius 1 is 1.22 bits per heavy atom. The van der Waals surface area contributed by atoms with Crippen LogP contribution in [0.3, 0.4) is 0 Å². The number of nitrogens with two attached hydrogens (primary N) is 1. The van der Waals surface area contributed by atoms with Crippen molar-refractivity contribution in [3.05, 3.63) is 35.0 Å². The zero-order valence-corrected chi connectivity index (χ0v) is 19.9. The molecule has 4 N–H and O–H groups in total. The molecule has 1 saturated carbocycles. The first-order chi connectivity index (χ1) is 15.3. The van der Waals surface area contributed by atoms with Crippen molar-refractivity contribution in [2.24, 2.45) is 11.1 Å². The monoisotopic (exact) mass is 478 g/mol. The van der Waals surface area contributed by atoms with Crippen molar-refractivity contribution in [1.82, 2.24) is 9.97 Å². The van der Waals surface area contributed by atoms with Crippen LogP contribution in [0.15, 0.2) is 24.4 Å². The van der Waals surface area contributed by atoms with E-state index in [0.717, 1.165) is 44.3 Å². The molecule has 1 aliphatic heterocycles. The van der Waals surface area contributed by atoms with Gasteiger partial charge in [-0.05, 0) is 61.8 Å². The highest BCUT2D eigenvalue weighted by molar-refractivity contribution is 7.89. The average Bonchev–Trinajstić information content (AvgIpc) is 2.92. The number of fused-ring (bicyclic) bond motifs is 1. The van der Waals surface area contributed by atoms with Crippen molar-refractivity contribution in [2.45, 2.75) is 51.0 Å². The number of primary sulfonamides is 1. The Morgan fingerprint density at radius 2 is 2.03 bits per heavy atom. The lowest BCUT2D eigenvalue weighted by atomic mass is 9.86. The first kappa shape index (κ1) is 23.1. The van der Waals surface area contributed by atoms with Crippen LogP contribution < -0.4 is 20.7 Å². The normalized spacial score (nSPS) is 21.5. The van der Waals surface area contributed by atoms with Gasteiger partial charge in [-0.3, -0.25) is 0 Å². The number of aromatic nitrogens is 2. The Kier molecular flexibility index (Phi) is 7.07. The second-order valence-electron chi connectivity index (χ2n) is 8.86. The van der Waals surface area contributed by atoms with Gasteiger partial charge in [-0.25, -0.2) is 18.5 Å². The molecule has 32 heavy (non-hydrogen) atoms. The van der Waals surface area contributed by atoms with Crippen LogP contribution in [0.4, 0.5) is 23.1 Å². The molecule has 2 aliphatic rings. The largest absolute Gasteiger partial charge is 0.374 e. The van der Waals surface area contributed by atoms with Crippen LogP contribution in [-0.2, 0) is 16.4 Å². The third-order valence-electron chi connectivity index (χ3n) is 6.36. The van der Waals surface area contributed by atoms with Gasteiger partial charge < -0.3 is 15.5 Å². The summed E-state index contributed by atoms with van der Waals surface area (Å²) >= 11 is 6.36. The summed E-state index contributed by atoms with van der Waals surface area (Å²) in [4.78, 5) is 11.2. The fraction of sp³-hybridized carbons (Fsp3) is 0.545. The molecule has 0 amide bonds. The van der Waals surface area contributed by atoms with Gasteiger partial charge in [0, 0.05) is 31.0 Å². The highest BCUT2D eigenvalue weighted by Crippen LogP contribution is 2.32. The average molecular weight is 479 g/mol. The molecular weight excluding hydrogens is 448 g/mol. The zero-order valence-electron chi connectivity index (χ0n) is 18.3. The minimum atomic E-state index is -3.54. The van der Waals surface area contributed by atoms with Crippen molar-refractivity contribution in [3.63, 3.8) is 0 Å². The van der Waals surface area contributed by atoms with E-state index < -0.39 is 10.0 Å². The lowest BCUT2D eigenvalue weighted by Crippen LogP contribution is -2.38. The Balaban J connectivity index is 1.51. The van der Waals surface area contributed by atoms with Crippen LogP contribution in [0.5, 0.6) is 0 Å². The Labute approximate surface area is 195 Å². The molecule has 2 atom stereocenters. The summed E-state index contributed by atoms with van der Waals surface area (Å²) in [6.45, 7) is 1.07. The highest BCUT2D eigenvalue weighted by Gasteiger charge is 2.29. The SMILES string of the molecule is CN1CCCCc2cc(Nc3ncc(Cl)c(N[C@@H]4CCCC[C@H]4CS(N)(=O)=O)n3)ccc21. The van der Waals surface area contributed by atoms with Gasteiger partial charge in [-0.15, -0.1) is 0 Å². The summed E-state index contributed by atoms with van der Waals surface area (Å²) in [5.74, 6) is 0.840. The van der Waals surface area contributed by atoms with E-state index in [2.05, 4.69) is 44.7 Å². The summed E-state index contributed by atoms with van der Waals surface area (Å²) < 4.78 is 23.3.